The van der Waals surface area contributed by atoms with E-state index in [9.17, 15) is 13.2 Å². The maximum Gasteiger partial charge on any atom is 0.152 e. The van der Waals surface area contributed by atoms with Gasteiger partial charge in [-0.05, 0) is 19.4 Å². The molecule has 1 aromatic rings. The van der Waals surface area contributed by atoms with Gasteiger partial charge in [0.05, 0.1) is 0 Å². The Balaban J connectivity index is 2.51. The van der Waals surface area contributed by atoms with Crippen LogP contribution in [0.25, 0.3) is 0 Å². The predicted octanol–water partition coefficient (Wildman–Crippen LogP) is 3.77. The van der Waals surface area contributed by atoms with Crippen LogP contribution in [-0.2, 0) is 0 Å². The molecule has 1 aliphatic heterocycles. The molecule has 90 valence electrons. The van der Waals surface area contributed by atoms with Gasteiger partial charge in [0, 0.05) is 24.4 Å². The van der Waals surface area contributed by atoms with Crippen molar-refractivity contribution in [3.05, 3.63) is 53.5 Å². The Bertz CT molecular complexity index is 482. The first-order chi connectivity index (χ1) is 7.99. The molecule has 1 atom stereocenters. The first-order valence-corrected chi connectivity index (χ1v) is 5.28. The number of nitrogens with zero attached hydrogens (tertiary/aromatic N) is 1. The molecule has 0 fully saturated rings. The minimum atomic E-state index is -0.912. The van der Waals surface area contributed by atoms with Gasteiger partial charge in [0.1, 0.15) is 11.5 Å². The molecule has 0 radical (unpaired) electrons. The largest absolute Gasteiger partial charge is 0.336 e. The third kappa shape index (κ3) is 2.20. The maximum atomic E-state index is 13.6. The summed E-state index contributed by atoms with van der Waals surface area (Å²) in [6, 6.07) is 1.20. The lowest BCUT2D eigenvalue weighted by atomic mass is 10.1. The summed E-state index contributed by atoms with van der Waals surface area (Å²) in [6.45, 7) is 3.64. The molecule has 1 heterocycles. The SMILES string of the molecule is CC1=CN(c2c(F)cc(F)cc2F)C(C)C=C1. The normalized spacial score (nSPS) is 19.5. The second kappa shape index (κ2) is 4.28. The van der Waals surface area contributed by atoms with Crippen molar-refractivity contribution in [1.82, 2.24) is 0 Å². The van der Waals surface area contributed by atoms with Crippen LogP contribution in [-0.4, -0.2) is 6.04 Å². The summed E-state index contributed by atoms with van der Waals surface area (Å²) in [4.78, 5) is 1.46. The molecule has 0 saturated carbocycles. The van der Waals surface area contributed by atoms with Crippen molar-refractivity contribution in [3.63, 3.8) is 0 Å². The molecule has 2 rings (SSSR count). The third-order valence-corrected chi connectivity index (χ3v) is 2.66. The highest BCUT2D eigenvalue weighted by Crippen LogP contribution is 2.29. The summed E-state index contributed by atoms with van der Waals surface area (Å²) in [5.41, 5.74) is 0.661. The van der Waals surface area contributed by atoms with E-state index in [2.05, 4.69) is 0 Å². The summed E-state index contributed by atoms with van der Waals surface area (Å²) in [5.74, 6) is -2.70. The lowest BCUT2D eigenvalue weighted by Crippen LogP contribution is -2.30. The molecule has 0 amide bonds. The zero-order valence-corrected chi connectivity index (χ0v) is 9.55. The summed E-state index contributed by atoms with van der Waals surface area (Å²) >= 11 is 0. The molecule has 1 aliphatic rings. The van der Waals surface area contributed by atoms with Gasteiger partial charge in [-0.25, -0.2) is 13.2 Å². The van der Waals surface area contributed by atoms with E-state index in [-0.39, 0.29) is 11.7 Å². The second-order valence-electron chi connectivity index (χ2n) is 4.10. The highest BCUT2D eigenvalue weighted by molar-refractivity contribution is 5.56. The van der Waals surface area contributed by atoms with Gasteiger partial charge >= 0.3 is 0 Å². The lowest BCUT2D eigenvalue weighted by Gasteiger charge is -2.29. The van der Waals surface area contributed by atoms with Crippen LogP contribution in [0.4, 0.5) is 18.9 Å². The van der Waals surface area contributed by atoms with Crippen LogP contribution in [0.15, 0.2) is 36.1 Å². The molecular formula is C13H12F3N. The number of hydrogen-bond acceptors (Lipinski definition) is 1. The average Bonchev–Trinajstić information content (AvgIpc) is 2.21. The monoisotopic (exact) mass is 239 g/mol. The molecule has 0 N–H and O–H groups in total. The average molecular weight is 239 g/mol. The van der Waals surface area contributed by atoms with E-state index >= 15 is 0 Å². The number of hydrogen-bond donors (Lipinski definition) is 0. The van der Waals surface area contributed by atoms with Crippen molar-refractivity contribution in [2.24, 2.45) is 0 Å². The van der Waals surface area contributed by atoms with Gasteiger partial charge < -0.3 is 4.90 Å². The van der Waals surface area contributed by atoms with E-state index < -0.39 is 17.5 Å². The third-order valence-electron chi connectivity index (χ3n) is 2.66. The summed E-state index contributed by atoms with van der Waals surface area (Å²) in [6.07, 6.45) is 5.35. The van der Waals surface area contributed by atoms with Crippen LogP contribution in [0.1, 0.15) is 13.8 Å². The fourth-order valence-corrected chi connectivity index (χ4v) is 1.81. The minimum absolute atomic E-state index is 0.173. The van der Waals surface area contributed by atoms with Crippen LogP contribution < -0.4 is 4.90 Å². The van der Waals surface area contributed by atoms with Crippen molar-refractivity contribution >= 4 is 5.69 Å². The maximum absolute atomic E-state index is 13.6. The van der Waals surface area contributed by atoms with E-state index in [1.54, 1.807) is 6.20 Å². The number of allylic oxidation sites excluding steroid dienone is 2. The fourth-order valence-electron chi connectivity index (χ4n) is 1.81. The van der Waals surface area contributed by atoms with Gasteiger partial charge in [0.15, 0.2) is 11.6 Å². The van der Waals surface area contributed by atoms with Gasteiger partial charge in [0.2, 0.25) is 0 Å². The smallest absolute Gasteiger partial charge is 0.152 e. The van der Waals surface area contributed by atoms with Crippen LogP contribution in [0, 0.1) is 17.5 Å². The van der Waals surface area contributed by atoms with Crippen molar-refractivity contribution in [2.75, 3.05) is 4.90 Å². The van der Waals surface area contributed by atoms with E-state index in [1.165, 1.54) is 4.90 Å². The molecule has 0 saturated heterocycles. The highest BCUT2D eigenvalue weighted by atomic mass is 19.1. The van der Waals surface area contributed by atoms with Gasteiger partial charge in [-0.15, -0.1) is 0 Å². The van der Waals surface area contributed by atoms with Crippen LogP contribution in [0.3, 0.4) is 0 Å². The Labute approximate surface area is 97.9 Å². The summed E-state index contributed by atoms with van der Waals surface area (Å²) < 4.78 is 40.1. The molecule has 17 heavy (non-hydrogen) atoms. The summed E-state index contributed by atoms with van der Waals surface area (Å²) in [7, 11) is 0. The molecule has 1 aromatic carbocycles. The van der Waals surface area contributed by atoms with E-state index in [0.29, 0.717) is 12.1 Å². The Kier molecular flexibility index (Phi) is 2.96. The molecule has 4 heteroatoms. The molecule has 0 bridgehead atoms. The first kappa shape index (κ1) is 11.8. The lowest BCUT2D eigenvalue weighted by molar-refractivity contribution is 0.539. The van der Waals surface area contributed by atoms with Gasteiger partial charge in [-0.2, -0.15) is 0 Å². The van der Waals surface area contributed by atoms with Gasteiger partial charge in [-0.3, -0.25) is 0 Å². The zero-order valence-electron chi connectivity index (χ0n) is 9.55. The number of benzene rings is 1. The molecule has 0 aliphatic carbocycles. The quantitative estimate of drug-likeness (QED) is 0.721. The fraction of sp³-hybridized carbons (Fsp3) is 0.231. The Hall–Kier alpha value is -1.71. The topological polar surface area (TPSA) is 3.24 Å². The second-order valence-corrected chi connectivity index (χ2v) is 4.10. The summed E-state index contributed by atoms with van der Waals surface area (Å²) in [5, 5.41) is 0. The molecular weight excluding hydrogens is 227 g/mol. The Morgan fingerprint density at radius 1 is 1.12 bits per heavy atom. The van der Waals surface area contributed by atoms with Crippen LogP contribution in [0.2, 0.25) is 0 Å². The van der Waals surface area contributed by atoms with E-state index in [4.69, 9.17) is 0 Å². The van der Waals surface area contributed by atoms with Crippen molar-refractivity contribution in [1.29, 1.82) is 0 Å². The molecule has 1 unspecified atom stereocenters. The number of halogens is 3. The van der Waals surface area contributed by atoms with Crippen LogP contribution >= 0.6 is 0 Å². The van der Waals surface area contributed by atoms with Gasteiger partial charge in [-0.1, -0.05) is 12.2 Å². The molecule has 1 nitrogen and oxygen atoms in total. The van der Waals surface area contributed by atoms with E-state index in [1.807, 2.05) is 26.0 Å². The highest BCUT2D eigenvalue weighted by Gasteiger charge is 2.21. The standard InChI is InChI=1S/C13H12F3N/c1-8-3-4-9(2)17(7-8)13-11(15)5-10(14)6-12(13)16/h3-7,9H,1-2H3. The predicted molar refractivity (Wildman–Crippen MR) is 61.2 cm³/mol. The number of rotatable bonds is 1. The van der Waals surface area contributed by atoms with E-state index in [0.717, 1.165) is 5.57 Å². The van der Waals surface area contributed by atoms with Crippen LogP contribution in [0.5, 0.6) is 0 Å². The zero-order chi connectivity index (χ0) is 12.6. The Morgan fingerprint density at radius 2 is 1.71 bits per heavy atom. The van der Waals surface area contributed by atoms with Crippen molar-refractivity contribution < 1.29 is 13.2 Å². The van der Waals surface area contributed by atoms with Crippen molar-refractivity contribution in [3.8, 4) is 0 Å². The Morgan fingerprint density at radius 3 is 2.29 bits per heavy atom. The number of anilines is 1. The first-order valence-electron chi connectivity index (χ1n) is 5.28. The van der Waals surface area contributed by atoms with Gasteiger partial charge in [0.25, 0.3) is 0 Å². The van der Waals surface area contributed by atoms with Crippen molar-refractivity contribution in [2.45, 2.75) is 19.9 Å². The minimum Gasteiger partial charge on any atom is -0.336 e. The molecule has 0 aromatic heterocycles. The molecule has 0 spiro atoms.